The van der Waals surface area contributed by atoms with Crippen molar-refractivity contribution in [2.75, 3.05) is 26.9 Å². The highest BCUT2D eigenvalue weighted by Gasteiger charge is 2.43. The molecule has 0 N–H and O–H groups in total. The second kappa shape index (κ2) is 7.87. The van der Waals surface area contributed by atoms with E-state index in [4.69, 9.17) is 29.6 Å². The van der Waals surface area contributed by atoms with E-state index >= 15 is 0 Å². The standard InChI is InChI=1S/C13H21ClO4Si/c1-5-16-19(17-6-2,18-7-3)11-8-9-12(14)13(10-11)15-4/h8-10H,5-7H2,1-4H3. The van der Waals surface area contributed by atoms with E-state index in [1.807, 2.05) is 32.9 Å². The summed E-state index contributed by atoms with van der Waals surface area (Å²) in [6.45, 7) is 7.35. The maximum absolute atomic E-state index is 6.05. The summed E-state index contributed by atoms with van der Waals surface area (Å²) in [5, 5.41) is 1.41. The predicted molar refractivity (Wildman–Crippen MR) is 78.3 cm³/mol. The van der Waals surface area contributed by atoms with Gasteiger partial charge >= 0.3 is 8.80 Å². The van der Waals surface area contributed by atoms with E-state index in [0.717, 1.165) is 5.19 Å². The summed E-state index contributed by atoms with van der Waals surface area (Å²) < 4.78 is 22.7. The Morgan fingerprint density at radius 3 is 1.95 bits per heavy atom. The molecule has 4 nitrogen and oxygen atoms in total. The normalized spacial score (nSPS) is 11.6. The van der Waals surface area contributed by atoms with Gasteiger partial charge in [0.05, 0.1) is 12.1 Å². The summed E-state index contributed by atoms with van der Waals surface area (Å²) in [6.07, 6.45) is 0. The van der Waals surface area contributed by atoms with E-state index in [2.05, 4.69) is 0 Å². The van der Waals surface area contributed by atoms with Gasteiger partial charge in [-0.1, -0.05) is 17.7 Å². The molecule has 0 amide bonds. The molecule has 19 heavy (non-hydrogen) atoms. The molecule has 1 rings (SSSR count). The maximum atomic E-state index is 6.05. The fourth-order valence-corrected chi connectivity index (χ4v) is 4.48. The molecule has 0 aliphatic heterocycles. The van der Waals surface area contributed by atoms with Gasteiger partial charge in [0.15, 0.2) is 0 Å². The minimum atomic E-state index is -2.88. The Labute approximate surface area is 120 Å². The van der Waals surface area contributed by atoms with E-state index in [0.29, 0.717) is 30.6 Å². The van der Waals surface area contributed by atoms with Crippen molar-refractivity contribution in [3.63, 3.8) is 0 Å². The second-order valence-corrected chi connectivity index (χ2v) is 6.67. The van der Waals surface area contributed by atoms with E-state index in [9.17, 15) is 0 Å². The first-order valence-electron chi connectivity index (χ1n) is 6.39. The Kier molecular flexibility index (Phi) is 6.81. The van der Waals surface area contributed by atoms with Crippen LogP contribution in [-0.4, -0.2) is 35.7 Å². The third kappa shape index (κ3) is 3.93. The molecule has 1 aromatic carbocycles. The zero-order valence-corrected chi connectivity index (χ0v) is 13.6. The van der Waals surface area contributed by atoms with Crippen LogP contribution in [0.1, 0.15) is 20.8 Å². The van der Waals surface area contributed by atoms with Crippen LogP contribution in [0.5, 0.6) is 5.75 Å². The molecule has 0 bridgehead atoms. The highest BCUT2D eigenvalue weighted by molar-refractivity contribution is 6.75. The molecule has 108 valence electrons. The smallest absolute Gasteiger partial charge is 0.495 e. The molecule has 0 radical (unpaired) electrons. The van der Waals surface area contributed by atoms with Gasteiger partial charge in [0, 0.05) is 25.0 Å². The third-order valence-corrected chi connectivity index (χ3v) is 5.84. The predicted octanol–water partition coefficient (Wildman–Crippen LogP) is 2.60. The van der Waals surface area contributed by atoms with Crippen molar-refractivity contribution in [1.82, 2.24) is 0 Å². The lowest BCUT2D eigenvalue weighted by atomic mass is 10.3. The van der Waals surface area contributed by atoms with Crippen molar-refractivity contribution >= 4 is 25.6 Å². The molecule has 0 fully saturated rings. The van der Waals surface area contributed by atoms with Gasteiger partial charge in [-0.2, -0.15) is 0 Å². The van der Waals surface area contributed by atoms with Crippen LogP contribution < -0.4 is 9.92 Å². The monoisotopic (exact) mass is 304 g/mol. The van der Waals surface area contributed by atoms with Gasteiger partial charge in [-0.3, -0.25) is 0 Å². The van der Waals surface area contributed by atoms with Crippen molar-refractivity contribution in [2.45, 2.75) is 20.8 Å². The Morgan fingerprint density at radius 1 is 1.00 bits per heavy atom. The molecule has 0 aliphatic carbocycles. The Hall–Kier alpha value is -0.593. The van der Waals surface area contributed by atoms with Crippen molar-refractivity contribution < 1.29 is 18.0 Å². The van der Waals surface area contributed by atoms with Gasteiger partial charge < -0.3 is 18.0 Å². The number of hydrogen-bond donors (Lipinski definition) is 0. The second-order valence-electron chi connectivity index (χ2n) is 3.70. The lowest BCUT2D eigenvalue weighted by molar-refractivity contribution is 0.0858. The first kappa shape index (κ1) is 16.5. The molecule has 6 heteroatoms. The van der Waals surface area contributed by atoms with Crippen LogP contribution in [-0.2, 0) is 13.3 Å². The minimum absolute atomic E-state index is 0.525. The number of benzene rings is 1. The summed E-state index contributed by atoms with van der Waals surface area (Å²) in [5.74, 6) is 0.593. The van der Waals surface area contributed by atoms with Crippen LogP contribution in [0.3, 0.4) is 0 Å². The minimum Gasteiger partial charge on any atom is -0.495 e. The number of hydrogen-bond acceptors (Lipinski definition) is 4. The highest BCUT2D eigenvalue weighted by Crippen LogP contribution is 2.24. The highest BCUT2D eigenvalue weighted by atomic mass is 35.5. The molecule has 0 atom stereocenters. The number of methoxy groups -OCH3 is 1. The van der Waals surface area contributed by atoms with Crippen LogP contribution in [0.25, 0.3) is 0 Å². The molecule has 0 spiro atoms. The van der Waals surface area contributed by atoms with Crippen LogP contribution in [0.4, 0.5) is 0 Å². The summed E-state index contributed by atoms with van der Waals surface area (Å²) in [6, 6.07) is 5.47. The fourth-order valence-electron chi connectivity index (χ4n) is 1.80. The van der Waals surface area contributed by atoms with Crippen LogP contribution in [0.15, 0.2) is 18.2 Å². The average Bonchev–Trinajstić information content (AvgIpc) is 2.40. The van der Waals surface area contributed by atoms with Gasteiger partial charge in [0.1, 0.15) is 5.75 Å². The van der Waals surface area contributed by atoms with Crippen molar-refractivity contribution in [3.05, 3.63) is 23.2 Å². The Bertz CT molecular complexity index is 383. The maximum Gasteiger partial charge on any atom is 0.537 e. The lowest BCUT2D eigenvalue weighted by Crippen LogP contribution is -2.56. The zero-order chi connectivity index (χ0) is 14.3. The van der Waals surface area contributed by atoms with Crippen molar-refractivity contribution in [1.29, 1.82) is 0 Å². The molecule has 0 aliphatic rings. The van der Waals surface area contributed by atoms with Gasteiger partial charge in [-0.15, -0.1) is 0 Å². The van der Waals surface area contributed by atoms with Gasteiger partial charge in [0.2, 0.25) is 0 Å². The molecule has 0 heterocycles. The Morgan fingerprint density at radius 2 is 1.53 bits per heavy atom. The first-order chi connectivity index (χ1) is 9.13. The largest absolute Gasteiger partial charge is 0.537 e. The molecule has 0 unspecified atom stereocenters. The molecular formula is C13H21ClO4Si. The number of rotatable bonds is 8. The quantitative estimate of drug-likeness (QED) is 0.692. The van der Waals surface area contributed by atoms with E-state index in [-0.39, 0.29) is 0 Å². The molecular weight excluding hydrogens is 284 g/mol. The fraction of sp³-hybridized carbons (Fsp3) is 0.538. The zero-order valence-electron chi connectivity index (χ0n) is 11.9. The lowest BCUT2D eigenvalue weighted by Gasteiger charge is -2.28. The first-order valence-corrected chi connectivity index (χ1v) is 8.49. The van der Waals surface area contributed by atoms with Crippen LogP contribution in [0, 0.1) is 0 Å². The summed E-state index contributed by atoms with van der Waals surface area (Å²) >= 11 is 6.05. The third-order valence-electron chi connectivity index (χ3n) is 2.51. The SMILES string of the molecule is CCO[Si](OCC)(OCC)c1ccc(Cl)c(OC)c1. The molecule has 0 saturated heterocycles. The average molecular weight is 305 g/mol. The molecule has 1 aromatic rings. The summed E-state index contributed by atoms with van der Waals surface area (Å²) in [7, 11) is -1.30. The number of ether oxygens (including phenoxy) is 1. The number of halogens is 1. The molecule has 0 aromatic heterocycles. The Balaban J connectivity index is 3.21. The van der Waals surface area contributed by atoms with Gasteiger partial charge in [-0.25, -0.2) is 0 Å². The van der Waals surface area contributed by atoms with E-state index < -0.39 is 8.80 Å². The van der Waals surface area contributed by atoms with E-state index in [1.54, 1.807) is 13.2 Å². The van der Waals surface area contributed by atoms with Gasteiger partial charge in [-0.05, 0) is 32.9 Å². The molecule has 0 saturated carbocycles. The topological polar surface area (TPSA) is 36.9 Å². The summed E-state index contributed by atoms with van der Waals surface area (Å²) in [5.41, 5.74) is 0. The summed E-state index contributed by atoms with van der Waals surface area (Å²) in [4.78, 5) is 0. The van der Waals surface area contributed by atoms with Crippen LogP contribution in [0.2, 0.25) is 5.02 Å². The van der Waals surface area contributed by atoms with Crippen molar-refractivity contribution in [3.8, 4) is 5.75 Å². The van der Waals surface area contributed by atoms with E-state index in [1.165, 1.54) is 0 Å². The van der Waals surface area contributed by atoms with Crippen molar-refractivity contribution in [2.24, 2.45) is 0 Å². The van der Waals surface area contributed by atoms with Gasteiger partial charge in [0.25, 0.3) is 0 Å². The van der Waals surface area contributed by atoms with Crippen LogP contribution >= 0.6 is 11.6 Å².